The second-order valence-corrected chi connectivity index (χ2v) is 15.9. The third-order valence-corrected chi connectivity index (χ3v) is 12.1. The molecule has 1 aliphatic heterocycles. The SMILES string of the molecule is Cc1ncsc1-c1ccc(CNC(=O)[C@@H]2C[C@@H](O)CN2C(=O)C(N)C(C)(C)SC(c2ccccc2)(c2ccccc2)c2ccccc2)cc1F. The number of nitrogens with one attached hydrogen (secondary N) is 1. The maximum Gasteiger partial charge on any atom is 0.243 e. The molecule has 2 heterocycles. The molecule has 2 amide bonds. The molecule has 0 saturated carbocycles. The predicted molar refractivity (Wildman–Crippen MR) is 199 cm³/mol. The number of likely N-dealkylation sites (tertiary alicyclic amines) is 1. The third kappa shape index (κ3) is 7.11. The molecular formula is C40H41FN4O3S2. The van der Waals surface area contributed by atoms with Crippen molar-refractivity contribution >= 4 is 34.9 Å². The Kier molecular flexibility index (Phi) is 10.5. The number of halogens is 1. The summed E-state index contributed by atoms with van der Waals surface area (Å²) in [5.74, 6) is -1.25. The standard InChI is InChI=1S/C40H41FN4O3S2/c1-26-35(49-25-44-26)32-20-19-27(21-33(32)41)23-43-37(47)34-22-31(46)24-45(34)38(48)36(42)39(2,3)50-40(28-13-7-4-8-14-28,29-15-9-5-10-16-29)30-17-11-6-12-18-30/h4-21,25,31,34,36,46H,22-24,42H2,1-3H3,(H,43,47)/t31-,34+,36?/m1/s1. The molecule has 10 heteroatoms. The zero-order valence-electron chi connectivity index (χ0n) is 28.3. The smallest absolute Gasteiger partial charge is 0.243 e. The van der Waals surface area contributed by atoms with Gasteiger partial charge in [-0.05, 0) is 49.1 Å². The third-order valence-electron chi connectivity index (χ3n) is 9.33. The number of hydrogen-bond acceptors (Lipinski definition) is 7. The zero-order chi connectivity index (χ0) is 35.5. The minimum Gasteiger partial charge on any atom is -0.391 e. The van der Waals surface area contributed by atoms with Crippen LogP contribution in [0.25, 0.3) is 10.4 Å². The maximum atomic E-state index is 15.0. The van der Waals surface area contributed by atoms with E-state index < -0.39 is 45.3 Å². The Balaban J connectivity index is 1.23. The fourth-order valence-electron chi connectivity index (χ4n) is 6.66. The first-order chi connectivity index (χ1) is 24.0. The Hall–Kier alpha value is -4.35. The Morgan fingerprint density at radius 2 is 1.54 bits per heavy atom. The van der Waals surface area contributed by atoms with Gasteiger partial charge >= 0.3 is 0 Å². The normalized spacial score (nSPS) is 17.0. The Labute approximate surface area is 300 Å². The average molecular weight is 709 g/mol. The largest absolute Gasteiger partial charge is 0.391 e. The van der Waals surface area contributed by atoms with Gasteiger partial charge in [-0.3, -0.25) is 9.59 Å². The molecule has 1 fully saturated rings. The first-order valence-electron chi connectivity index (χ1n) is 16.6. The van der Waals surface area contributed by atoms with E-state index in [9.17, 15) is 14.7 Å². The summed E-state index contributed by atoms with van der Waals surface area (Å²) in [5.41, 5.74) is 13.5. The number of aromatic nitrogens is 1. The molecule has 4 N–H and O–H groups in total. The van der Waals surface area contributed by atoms with E-state index in [1.807, 2.05) is 75.4 Å². The van der Waals surface area contributed by atoms with Crippen molar-refractivity contribution in [1.29, 1.82) is 0 Å². The van der Waals surface area contributed by atoms with Gasteiger partial charge < -0.3 is 21.1 Å². The highest BCUT2D eigenvalue weighted by Crippen LogP contribution is 2.54. The highest BCUT2D eigenvalue weighted by Gasteiger charge is 2.49. The van der Waals surface area contributed by atoms with Crippen molar-refractivity contribution in [1.82, 2.24) is 15.2 Å². The van der Waals surface area contributed by atoms with E-state index in [-0.39, 0.29) is 19.5 Å². The van der Waals surface area contributed by atoms with E-state index >= 15 is 4.39 Å². The average Bonchev–Trinajstić information content (AvgIpc) is 3.75. The number of thioether (sulfide) groups is 1. The van der Waals surface area contributed by atoms with Crippen LogP contribution in [0.5, 0.6) is 0 Å². The van der Waals surface area contributed by atoms with Crippen molar-refractivity contribution in [2.24, 2.45) is 5.73 Å². The Morgan fingerprint density at radius 1 is 0.980 bits per heavy atom. The summed E-state index contributed by atoms with van der Waals surface area (Å²) < 4.78 is 13.5. The minimum absolute atomic E-state index is 0.00983. The quantitative estimate of drug-likeness (QED) is 0.132. The number of benzene rings is 4. The summed E-state index contributed by atoms with van der Waals surface area (Å²) in [4.78, 5) is 34.2. The summed E-state index contributed by atoms with van der Waals surface area (Å²) >= 11 is 2.97. The van der Waals surface area contributed by atoms with Crippen molar-refractivity contribution in [2.45, 2.75) is 61.4 Å². The number of rotatable bonds is 11. The molecule has 5 aromatic rings. The number of aryl methyl sites for hydroxylation is 1. The van der Waals surface area contributed by atoms with Crippen molar-refractivity contribution < 1.29 is 19.1 Å². The molecule has 6 rings (SSSR count). The molecular weight excluding hydrogens is 668 g/mol. The number of carbonyl (C=O) groups is 2. The summed E-state index contributed by atoms with van der Waals surface area (Å²) in [6, 6.07) is 33.4. The van der Waals surface area contributed by atoms with E-state index in [1.165, 1.54) is 22.3 Å². The number of amides is 2. The van der Waals surface area contributed by atoms with Crippen LogP contribution in [0.15, 0.2) is 115 Å². The highest BCUT2D eigenvalue weighted by atomic mass is 32.2. The van der Waals surface area contributed by atoms with Crippen molar-refractivity contribution in [3.8, 4) is 10.4 Å². The van der Waals surface area contributed by atoms with Gasteiger partial charge in [-0.25, -0.2) is 9.37 Å². The van der Waals surface area contributed by atoms with Crippen molar-refractivity contribution in [3.63, 3.8) is 0 Å². The van der Waals surface area contributed by atoms with Crippen molar-refractivity contribution in [3.05, 3.63) is 148 Å². The van der Waals surface area contributed by atoms with Crippen LogP contribution in [0.2, 0.25) is 0 Å². The second-order valence-electron chi connectivity index (χ2n) is 13.2. The number of nitrogens with two attached hydrogens (primary N) is 1. The molecule has 0 radical (unpaired) electrons. The molecule has 0 aliphatic carbocycles. The molecule has 0 bridgehead atoms. The number of β-amino-alcohol motifs (C(OH)–C–C–N with tert-alkyl or cyclic N) is 1. The predicted octanol–water partition coefficient (Wildman–Crippen LogP) is 6.67. The van der Waals surface area contributed by atoms with Gasteiger partial charge in [-0.1, -0.05) is 103 Å². The van der Waals surface area contributed by atoms with Crippen LogP contribution in [0.3, 0.4) is 0 Å². The fraction of sp³-hybridized carbons (Fsp3) is 0.275. The monoisotopic (exact) mass is 708 g/mol. The summed E-state index contributed by atoms with van der Waals surface area (Å²) in [7, 11) is 0. The first kappa shape index (κ1) is 35.5. The number of carbonyl (C=O) groups excluding carboxylic acids is 2. The maximum absolute atomic E-state index is 15.0. The van der Waals surface area contributed by atoms with Gasteiger partial charge in [0.25, 0.3) is 0 Å². The number of hydrogen-bond donors (Lipinski definition) is 3. The van der Waals surface area contributed by atoms with Crippen LogP contribution in [0, 0.1) is 12.7 Å². The van der Waals surface area contributed by atoms with Gasteiger partial charge in [0, 0.05) is 29.8 Å². The molecule has 4 aromatic carbocycles. The fourth-order valence-corrected chi connectivity index (χ4v) is 9.27. The van der Waals surface area contributed by atoms with Gasteiger partial charge in [0.05, 0.1) is 33.0 Å². The Morgan fingerprint density at radius 3 is 2.04 bits per heavy atom. The second kappa shape index (κ2) is 14.9. The van der Waals surface area contributed by atoms with Crippen LogP contribution in [0.4, 0.5) is 4.39 Å². The lowest BCUT2D eigenvalue weighted by molar-refractivity contribution is -0.140. The van der Waals surface area contributed by atoms with Gasteiger partial charge in [-0.15, -0.1) is 23.1 Å². The molecule has 7 nitrogen and oxygen atoms in total. The molecule has 1 unspecified atom stereocenters. The molecule has 1 aromatic heterocycles. The number of nitrogens with zero attached hydrogens (tertiary/aromatic N) is 2. The van der Waals surface area contributed by atoms with E-state index in [2.05, 4.69) is 46.7 Å². The molecule has 1 aliphatic rings. The van der Waals surface area contributed by atoms with Crippen LogP contribution in [-0.4, -0.2) is 56.3 Å². The number of thiazole rings is 1. The molecule has 0 spiro atoms. The van der Waals surface area contributed by atoms with E-state index in [0.717, 1.165) is 27.3 Å². The van der Waals surface area contributed by atoms with E-state index in [4.69, 9.17) is 5.73 Å². The number of aliphatic hydroxyl groups is 1. The van der Waals surface area contributed by atoms with Crippen molar-refractivity contribution in [2.75, 3.05) is 6.54 Å². The zero-order valence-corrected chi connectivity index (χ0v) is 29.9. The molecule has 50 heavy (non-hydrogen) atoms. The highest BCUT2D eigenvalue weighted by molar-refractivity contribution is 8.02. The van der Waals surface area contributed by atoms with E-state index in [1.54, 1.807) is 29.4 Å². The summed E-state index contributed by atoms with van der Waals surface area (Å²) in [6.45, 7) is 5.80. The summed E-state index contributed by atoms with van der Waals surface area (Å²) in [6.07, 6.45) is -0.799. The van der Waals surface area contributed by atoms with Gasteiger partial charge in [-0.2, -0.15) is 0 Å². The lowest BCUT2D eigenvalue weighted by atomic mass is 9.84. The van der Waals surface area contributed by atoms with Gasteiger partial charge in [0.2, 0.25) is 11.8 Å². The lowest BCUT2D eigenvalue weighted by Crippen LogP contribution is -2.57. The van der Waals surface area contributed by atoms with Gasteiger partial charge in [0.1, 0.15) is 11.9 Å². The molecule has 3 atom stereocenters. The van der Waals surface area contributed by atoms with Gasteiger partial charge in [0.15, 0.2) is 0 Å². The first-order valence-corrected chi connectivity index (χ1v) is 18.3. The van der Waals surface area contributed by atoms with Crippen LogP contribution >= 0.6 is 23.1 Å². The Bertz CT molecular complexity index is 1840. The number of aliphatic hydroxyl groups excluding tert-OH is 1. The van der Waals surface area contributed by atoms with Crippen LogP contribution < -0.4 is 11.1 Å². The van der Waals surface area contributed by atoms with Crippen LogP contribution in [-0.2, 0) is 20.9 Å². The van der Waals surface area contributed by atoms with E-state index in [0.29, 0.717) is 11.1 Å². The lowest BCUT2D eigenvalue weighted by Gasteiger charge is -2.44. The van der Waals surface area contributed by atoms with Crippen LogP contribution in [0.1, 0.15) is 48.2 Å². The summed E-state index contributed by atoms with van der Waals surface area (Å²) in [5, 5.41) is 13.5. The molecule has 258 valence electrons. The minimum atomic E-state index is -1.03. The molecule has 1 saturated heterocycles. The topological polar surface area (TPSA) is 109 Å².